The Balaban J connectivity index is 0.000000196. The van der Waals surface area contributed by atoms with Gasteiger partial charge in [0.15, 0.2) is 0 Å². The van der Waals surface area contributed by atoms with Gasteiger partial charge >= 0.3 is 12.2 Å². The fraction of sp³-hybridized carbons (Fsp3) is 0.254. The third-order valence-corrected chi connectivity index (χ3v) is 13.7. The molecule has 0 saturated carbocycles. The van der Waals surface area contributed by atoms with Gasteiger partial charge in [0.05, 0.1) is 23.5 Å². The molecular weight excluding hydrogens is 1020 g/mol. The smallest absolute Gasteiger partial charge is 0.416 e. The van der Waals surface area contributed by atoms with Gasteiger partial charge in [-0.2, -0.15) is 0 Å². The molecule has 17 heteroatoms. The van der Waals surface area contributed by atoms with Crippen LogP contribution in [0, 0.1) is 5.41 Å². The highest BCUT2D eigenvalue weighted by molar-refractivity contribution is 5.95. The number of aromatic nitrogens is 2. The summed E-state index contributed by atoms with van der Waals surface area (Å²) in [7, 11) is 0. The minimum Gasteiger partial charge on any atom is -0.489 e. The molecule has 0 unspecified atom stereocenters. The molecule has 4 heterocycles. The van der Waals surface area contributed by atoms with Gasteiger partial charge < -0.3 is 39.0 Å². The summed E-state index contributed by atoms with van der Waals surface area (Å²) in [5, 5.41) is 11.1. The zero-order chi connectivity index (χ0) is 56.0. The maximum atomic E-state index is 13.5. The molecule has 2 aliphatic rings. The van der Waals surface area contributed by atoms with E-state index in [2.05, 4.69) is 15.6 Å². The van der Waals surface area contributed by atoms with E-state index in [9.17, 15) is 24.0 Å². The Labute approximate surface area is 463 Å². The standard InChI is InChI=1S/C34H35N3O6.C29H27N3O5/c1-34(2,3)32(39)35-26-11-7-10-24(18-26)21-41-28-14-12-25(13-15-28)29(30-16-17-43-36-30)20-31(38)37-27(22-42-33(37)40)19-23-8-5-4-6-9-23;30-23-8-4-7-21(15-23)18-35-25-11-9-22(10-12-25)26(27-13-14-37-31-27)17-28(33)32-24(19-36-29(32)34)16-20-5-2-1-3-6-20/h4-18,27,29H,19-22H2,1-3H3,(H,35,39);1-15,24,26H,16-19,30H2/t27-,29-;24-,26-/m00/s1. The van der Waals surface area contributed by atoms with Gasteiger partial charge in [0.1, 0.15) is 50.5 Å². The number of carbonyl (C=O) groups excluding carboxylic acids is 5. The number of hydrogen-bond donors (Lipinski definition) is 2. The molecule has 2 aliphatic heterocycles. The molecule has 80 heavy (non-hydrogen) atoms. The lowest BCUT2D eigenvalue weighted by atomic mass is 9.91. The normalized spacial score (nSPS) is 15.7. The van der Waals surface area contributed by atoms with Crippen molar-refractivity contribution in [1.82, 2.24) is 20.1 Å². The van der Waals surface area contributed by atoms with E-state index >= 15 is 0 Å². The van der Waals surface area contributed by atoms with Gasteiger partial charge in [0.25, 0.3) is 0 Å². The molecule has 4 atom stereocenters. The molecule has 410 valence electrons. The number of cyclic esters (lactones) is 2. The number of benzene rings is 6. The van der Waals surface area contributed by atoms with Crippen molar-refractivity contribution in [3.63, 3.8) is 0 Å². The van der Waals surface area contributed by atoms with Gasteiger partial charge in [-0.05, 0) is 94.8 Å². The first kappa shape index (κ1) is 55.3. The Morgan fingerprint density at radius 3 is 1.44 bits per heavy atom. The van der Waals surface area contributed by atoms with E-state index in [1.807, 2.05) is 178 Å². The topological polar surface area (TPSA) is 219 Å². The Morgan fingerprint density at radius 2 is 1.01 bits per heavy atom. The lowest BCUT2D eigenvalue weighted by Gasteiger charge is -2.22. The summed E-state index contributed by atoms with van der Waals surface area (Å²) in [4.78, 5) is 66.8. The predicted molar refractivity (Wildman–Crippen MR) is 297 cm³/mol. The Morgan fingerprint density at radius 1 is 0.575 bits per heavy atom. The van der Waals surface area contributed by atoms with Gasteiger partial charge in [-0.3, -0.25) is 14.4 Å². The average Bonchev–Trinajstić information content (AvgIpc) is 4.32. The third-order valence-electron chi connectivity index (χ3n) is 13.7. The molecule has 2 saturated heterocycles. The second-order valence-corrected chi connectivity index (χ2v) is 20.6. The van der Waals surface area contributed by atoms with E-state index in [1.165, 1.54) is 22.3 Å². The quantitative estimate of drug-likeness (QED) is 0.0720. The summed E-state index contributed by atoms with van der Waals surface area (Å²) < 4.78 is 32.6. The van der Waals surface area contributed by atoms with E-state index in [4.69, 9.17) is 33.7 Å². The zero-order valence-corrected chi connectivity index (χ0v) is 44.6. The van der Waals surface area contributed by atoms with Crippen LogP contribution in [-0.2, 0) is 49.9 Å². The first-order valence-electron chi connectivity index (χ1n) is 26.3. The van der Waals surface area contributed by atoms with Crippen molar-refractivity contribution in [2.75, 3.05) is 24.3 Å². The number of anilines is 2. The van der Waals surface area contributed by atoms with Crippen LogP contribution in [-0.4, -0.2) is 75.3 Å². The first-order valence-corrected chi connectivity index (χ1v) is 26.3. The molecule has 6 aromatic carbocycles. The fourth-order valence-corrected chi connectivity index (χ4v) is 9.41. The van der Waals surface area contributed by atoms with Gasteiger partial charge in [0.2, 0.25) is 17.7 Å². The van der Waals surface area contributed by atoms with Gasteiger partial charge in [-0.1, -0.05) is 140 Å². The number of nitrogen functional groups attached to an aromatic ring is 1. The van der Waals surface area contributed by atoms with Gasteiger partial charge in [-0.15, -0.1) is 0 Å². The number of nitrogens with one attached hydrogen (secondary N) is 1. The highest BCUT2D eigenvalue weighted by Crippen LogP contribution is 2.33. The minimum atomic E-state index is -0.629. The van der Waals surface area contributed by atoms with Crippen LogP contribution in [0.4, 0.5) is 21.0 Å². The zero-order valence-electron chi connectivity index (χ0n) is 44.6. The van der Waals surface area contributed by atoms with Crippen LogP contribution in [0.3, 0.4) is 0 Å². The lowest BCUT2D eigenvalue weighted by Crippen LogP contribution is -2.40. The first-order chi connectivity index (χ1) is 38.7. The van der Waals surface area contributed by atoms with Crippen molar-refractivity contribution >= 4 is 41.3 Å². The largest absolute Gasteiger partial charge is 0.489 e. The van der Waals surface area contributed by atoms with Crippen LogP contribution in [0.15, 0.2) is 191 Å². The van der Waals surface area contributed by atoms with E-state index in [1.54, 1.807) is 12.1 Å². The molecular formula is C63H62N6O11. The number of imide groups is 2. The number of carbonyl (C=O) groups is 5. The summed E-state index contributed by atoms with van der Waals surface area (Å²) in [6.07, 6.45) is 2.79. The van der Waals surface area contributed by atoms with E-state index in [-0.39, 0.29) is 55.9 Å². The molecule has 2 fully saturated rings. The molecule has 5 amide bonds. The van der Waals surface area contributed by atoms with Crippen molar-refractivity contribution in [1.29, 1.82) is 0 Å². The maximum Gasteiger partial charge on any atom is 0.416 e. The van der Waals surface area contributed by atoms with Crippen LogP contribution in [0.25, 0.3) is 0 Å². The monoisotopic (exact) mass is 1080 g/mol. The SMILES string of the molecule is CC(C)(C)C(=O)Nc1cccc(COc2ccc([C@H](CC(=O)N3C(=O)OC[C@@H]3Cc3ccccc3)c3ccon3)cc2)c1.Nc1cccc(COc2ccc([C@H](CC(=O)N3C(=O)OC[C@@H]3Cc3ccccc3)c3ccon3)cc2)c1. The average molecular weight is 1080 g/mol. The van der Waals surface area contributed by atoms with E-state index in [0.29, 0.717) is 60.3 Å². The van der Waals surface area contributed by atoms with Crippen LogP contribution >= 0.6 is 0 Å². The summed E-state index contributed by atoms with van der Waals surface area (Å²) in [5.41, 5.74) is 13.5. The van der Waals surface area contributed by atoms with Crippen molar-refractivity contribution < 1.29 is 52.0 Å². The summed E-state index contributed by atoms with van der Waals surface area (Å²) >= 11 is 0. The van der Waals surface area contributed by atoms with Gasteiger partial charge in [-0.25, -0.2) is 19.4 Å². The van der Waals surface area contributed by atoms with Crippen molar-refractivity contribution in [2.45, 2.75) is 83.6 Å². The summed E-state index contributed by atoms with van der Waals surface area (Å²) in [6, 6.07) is 52.2. The molecule has 3 N–H and O–H groups in total. The van der Waals surface area contributed by atoms with Gasteiger partial charge in [0, 0.05) is 53.6 Å². The Kier molecular flexibility index (Phi) is 17.8. The predicted octanol–water partition coefficient (Wildman–Crippen LogP) is 11.3. The van der Waals surface area contributed by atoms with E-state index in [0.717, 1.165) is 33.4 Å². The number of amides is 5. The second kappa shape index (κ2) is 25.8. The molecule has 10 rings (SSSR count). The highest BCUT2D eigenvalue weighted by Gasteiger charge is 2.40. The molecule has 8 aromatic rings. The van der Waals surface area contributed by atoms with Crippen LogP contribution in [0.2, 0.25) is 0 Å². The van der Waals surface area contributed by atoms with Crippen LogP contribution in [0.5, 0.6) is 11.5 Å². The lowest BCUT2D eigenvalue weighted by molar-refractivity contribution is -0.130. The Bertz CT molecular complexity index is 3330. The maximum absolute atomic E-state index is 13.5. The molecule has 0 aliphatic carbocycles. The van der Waals surface area contributed by atoms with Crippen LogP contribution < -0.4 is 20.5 Å². The van der Waals surface area contributed by atoms with Crippen molar-refractivity contribution in [3.05, 3.63) is 227 Å². The number of nitrogens with zero attached hydrogens (tertiary/aromatic N) is 4. The number of ether oxygens (including phenoxy) is 4. The summed E-state index contributed by atoms with van der Waals surface area (Å²) in [6.45, 7) is 6.62. The van der Waals surface area contributed by atoms with Crippen LogP contribution in [0.1, 0.15) is 90.2 Å². The molecule has 17 nitrogen and oxygen atoms in total. The molecule has 0 spiro atoms. The number of rotatable bonds is 19. The molecule has 2 aromatic heterocycles. The second-order valence-electron chi connectivity index (χ2n) is 20.6. The number of hydrogen-bond acceptors (Lipinski definition) is 14. The third kappa shape index (κ3) is 14.5. The Hall–Kier alpha value is -9.51. The highest BCUT2D eigenvalue weighted by atomic mass is 16.6. The minimum absolute atomic E-state index is 0.0141. The summed E-state index contributed by atoms with van der Waals surface area (Å²) in [5.74, 6) is -0.232. The molecule has 0 bridgehead atoms. The fourth-order valence-electron chi connectivity index (χ4n) is 9.41. The van der Waals surface area contributed by atoms with Crippen molar-refractivity contribution in [3.8, 4) is 11.5 Å². The van der Waals surface area contributed by atoms with Crippen molar-refractivity contribution in [2.24, 2.45) is 5.41 Å². The molecule has 0 radical (unpaired) electrons. The number of nitrogens with two attached hydrogens (primary N) is 1. The van der Waals surface area contributed by atoms with E-state index < -0.39 is 29.4 Å².